The Kier molecular flexibility index (Phi) is 6.90. The Labute approximate surface area is 209 Å². The van der Waals surface area contributed by atoms with E-state index < -0.39 is 18.9 Å². The number of rotatable bonds is 11. The molecule has 5 rings (SSSR count). The molecule has 0 saturated heterocycles. The van der Waals surface area contributed by atoms with Crippen molar-refractivity contribution in [3.8, 4) is 17.1 Å². The van der Waals surface area contributed by atoms with Crippen LogP contribution in [0.3, 0.4) is 0 Å². The summed E-state index contributed by atoms with van der Waals surface area (Å²) >= 11 is 0. The van der Waals surface area contributed by atoms with Crippen molar-refractivity contribution in [1.82, 2.24) is 30.4 Å². The van der Waals surface area contributed by atoms with Crippen LogP contribution in [0.5, 0.6) is 5.75 Å². The van der Waals surface area contributed by atoms with Crippen LogP contribution in [0.1, 0.15) is 42.2 Å². The van der Waals surface area contributed by atoms with E-state index in [1.165, 1.54) is 13.2 Å². The van der Waals surface area contributed by atoms with Crippen molar-refractivity contribution in [2.75, 3.05) is 24.4 Å². The second-order valence-corrected chi connectivity index (χ2v) is 8.68. The second kappa shape index (κ2) is 10.4. The number of amides is 2. The Bertz CT molecular complexity index is 1310. The van der Waals surface area contributed by atoms with Crippen molar-refractivity contribution in [2.24, 2.45) is 5.92 Å². The molecule has 2 aromatic heterocycles. The largest absolute Gasteiger partial charge is 0.494 e. The number of carbonyl (C=O) groups excluding carboxylic acids is 2. The first-order valence-corrected chi connectivity index (χ1v) is 11.7. The summed E-state index contributed by atoms with van der Waals surface area (Å²) in [5.41, 5.74) is 2.87. The average Bonchev–Trinajstić information content (AvgIpc) is 3.82. The Morgan fingerprint density at radius 1 is 1.16 bits per heavy atom. The van der Waals surface area contributed by atoms with E-state index in [1.54, 1.807) is 24.5 Å². The lowest BCUT2D eigenvalue weighted by atomic mass is 10.1. The zero-order valence-electron chi connectivity index (χ0n) is 19.8. The highest BCUT2D eigenvalue weighted by molar-refractivity contribution is 5.99. The molecular weight excluding hydrogens is 490 g/mol. The summed E-state index contributed by atoms with van der Waals surface area (Å²) < 4.78 is 32.3. The minimum absolute atomic E-state index is 0.0800. The third kappa shape index (κ3) is 5.80. The fourth-order valence-corrected chi connectivity index (χ4v) is 3.60. The van der Waals surface area contributed by atoms with Crippen LogP contribution in [0.15, 0.2) is 30.6 Å². The number of halogens is 2. The lowest BCUT2D eigenvalue weighted by Gasteiger charge is -2.16. The van der Waals surface area contributed by atoms with Crippen LogP contribution < -0.4 is 20.9 Å². The SMILES string of the molecule is COc1c(Nc2cc(NC(=O)C3CC3)nnc2C(=O)NOCC(F)F)cccc1-c1ncn(C2CC2)n1. The highest BCUT2D eigenvalue weighted by Crippen LogP contribution is 2.39. The van der Waals surface area contributed by atoms with Crippen LogP contribution in [0.4, 0.5) is 26.0 Å². The molecular formula is C23H24F2N8O4. The number of anilines is 3. The topological polar surface area (TPSA) is 145 Å². The maximum Gasteiger partial charge on any atom is 0.297 e. The molecule has 2 saturated carbocycles. The van der Waals surface area contributed by atoms with Crippen LogP contribution in [-0.4, -0.2) is 56.9 Å². The van der Waals surface area contributed by atoms with Crippen molar-refractivity contribution in [1.29, 1.82) is 0 Å². The molecule has 0 atom stereocenters. The molecule has 3 N–H and O–H groups in total. The highest BCUT2D eigenvalue weighted by Gasteiger charge is 2.30. The molecule has 3 aromatic rings. The molecule has 2 aliphatic carbocycles. The number of para-hydroxylation sites is 1. The van der Waals surface area contributed by atoms with Crippen molar-refractivity contribution in [3.63, 3.8) is 0 Å². The second-order valence-electron chi connectivity index (χ2n) is 8.68. The number of nitrogens with one attached hydrogen (secondary N) is 3. The van der Waals surface area contributed by atoms with Gasteiger partial charge in [-0.2, -0.15) is 5.10 Å². The summed E-state index contributed by atoms with van der Waals surface area (Å²) in [5, 5.41) is 18.1. The Morgan fingerprint density at radius 2 is 1.97 bits per heavy atom. The lowest BCUT2D eigenvalue weighted by Crippen LogP contribution is -2.28. The first-order valence-electron chi connectivity index (χ1n) is 11.7. The summed E-state index contributed by atoms with van der Waals surface area (Å²) in [6.45, 7) is -0.992. The van der Waals surface area contributed by atoms with Crippen LogP contribution in [0.25, 0.3) is 11.4 Å². The van der Waals surface area contributed by atoms with Gasteiger partial charge in [-0.05, 0) is 37.8 Å². The van der Waals surface area contributed by atoms with Gasteiger partial charge in [0.25, 0.3) is 12.3 Å². The van der Waals surface area contributed by atoms with Gasteiger partial charge in [-0.1, -0.05) is 6.07 Å². The van der Waals surface area contributed by atoms with Gasteiger partial charge in [-0.25, -0.2) is 23.9 Å². The van der Waals surface area contributed by atoms with E-state index in [1.807, 2.05) is 10.2 Å². The standard InChI is InChI=1S/C23H24F2N8O4/c1-36-20-14(21-26-11-33(31-21)13-7-8-13)3-2-4-15(20)27-16-9-18(28-22(34)12-5-6-12)29-30-19(16)23(35)32-37-10-17(24)25/h2-4,9,11-13,17H,5-8,10H2,1H3,(H,32,35)(H2,27,28,29,34). The van der Waals surface area contributed by atoms with Gasteiger partial charge < -0.3 is 15.4 Å². The average molecular weight is 514 g/mol. The Hall–Kier alpha value is -4.20. The first-order chi connectivity index (χ1) is 17.9. The Morgan fingerprint density at radius 3 is 2.68 bits per heavy atom. The molecule has 2 heterocycles. The molecule has 0 unspecified atom stereocenters. The van der Waals surface area contributed by atoms with Gasteiger partial charge >= 0.3 is 0 Å². The van der Waals surface area contributed by atoms with Gasteiger partial charge in [0, 0.05) is 12.0 Å². The lowest BCUT2D eigenvalue weighted by molar-refractivity contribution is -0.117. The number of hydrogen-bond donors (Lipinski definition) is 3. The number of ether oxygens (including phenoxy) is 1. The highest BCUT2D eigenvalue weighted by atomic mass is 19.3. The molecule has 12 nitrogen and oxygen atoms in total. The molecule has 2 aliphatic rings. The summed E-state index contributed by atoms with van der Waals surface area (Å²) in [6, 6.07) is 7.04. The zero-order chi connectivity index (χ0) is 25.9. The molecule has 0 aliphatic heterocycles. The minimum Gasteiger partial charge on any atom is -0.494 e. The van der Waals surface area contributed by atoms with E-state index in [2.05, 4.69) is 35.8 Å². The predicted octanol–water partition coefficient (Wildman–Crippen LogP) is 3.10. The normalized spacial score (nSPS) is 14.9. The molecule has 2 amide bonds. The molecule has 1 aromatic carbocycles. The number of hydroxylamine groups is 1. The summed E-state index contributed by atoms with van der Waals surface area (Å²) in [4.78, 5) is 33.8. The number of nitrogens with zero attached hydrogens (tertiary/aromatic N) is 5. The van der Waals surface area contributed by atoms with Crippen LogP contribution in [0, 0.1) is 5.92 Å². The van der Waals surface area contributed by atoms with E-state index in [0.717, 1.165) is 25.7 Å². The minimum atomic E-state index is -2.77. The first kappa shape index (κ1) is 24.5. The van der Waals surface area contributed by atoms with Gasteiger partial charge in [0.1, 0.15) is 12.9 Å². The fourth-order valence-electron chi connectivity index (χ4n) is 3.60. The number of hydrogen-bond acceptors (Lipinski definition) is 9. The van der Waals surface area contributed by atoms with E-state index in [9.17, 15) is 18.4 Å². The number of benzene rings is 1. The van der Waals surface area contributed by atoms with Crippen LogP contribution >= 0.6 is 0 Å². The van der Waals surface area contributed by atoms with Crippen molar-refractivity contribution < 1.29 is 27.9 Å². The van der Waals surface area contributed by atoms with E-state index in [4.69, 9.17) is 4.74 Å². The number of aromatic nitrogens is 5. The van der Waals surface area contributed by atoms with Crippen molar-refractivity contribution >= 4 is 29.0 Å². The maximum absolute atomic E-state index is 12.6. The molecule has 194 valence electrons. The van der Waals surface area contributed by atoms with E-state index in [0.29, 0.717) is 28.9 Å². The smallest absolute Gasteiger partial charge is 0.297 e. The van der Waals surface area contributed by atoms with Gasteiger partial charge in [-0.15, -0.1) is 10.2 Å². The van der Waals surface area contributed by atoms with Crippen molar-refractivity contribution in [2.45, 2.75) is 38.2 Å². The Balaban J connectivity index is 1.45. The van der Waals surface area contributed by atoms with Crippen LogP contribution in [-0.2, 0) is 9.63 Å². The third-order valence-corrected chi connectivity index (χ3v) is 5.74. The molecule has 0 bridgehead atoms. The predicted molar refractivity (Wildman–Crippen MR) is 126 cm³/mol. The molecule has 0 radical (unpaired) electrons. The molecule has 0 spiro atoms. The monoisotopic (exact) mass is 514 g/mol. The summed E-state index contributed by atoms with van der Waals surface area (Å²) in [5.74, 6) is -0.203. The zero-order valence-corrected chi connectivity index (χ0v) is 19.8. The van der Waals surface area contributed by atoms with Crippen molar-refractivity contribution in [3.05, 3.63) is 36.3 Å². The van der Waals surface area contributed by atoms with E-state index >= 15 is 0 Å². The number of carbonyl (C=O) groups is 2. The fraction of sp³-hybridized carbons (Fsp3) is 0.391. The molecule has 2 fully saturated rings. The summed E-state index contributed by atoms with van der Waals surface area (Å²) in [6.07, 6.45) is 2.61. The van der Waals surface area contributed by atoms with Gasteiger partial charge in [0.05, 0.1) is 30.1 Å². The van der Waals surface area contributed by atoms with Gasteiger partial charge in [0.15, 0.2) is 23.1 Å². The number of alkyl halides is 2. The molecule has 14 heteroatoms. The number of methoxy groups -OCH3 is 1. The third-order valence-electron chi connectivity index (χ3n) is 5.74. The summed E-state index contributed by atoms with van der Waals surface area (Å²) in [7, 11) is 1.49. The quantitative estimate of drug-likeness (QED) is 0.329. The maximum atomic E-state index is 12.6. The van der Waals surface area contributed by atoms with Gasteiger partial charge in [-0.3, -0.25) is 14.4 Å². The van der Waals surface area contributed by atoms with Crippen LogP contribution in [0.2, 0.25) is 0 Å². The molecule has 37 heavy (non-hydrogen) atoms. The van der Waals surface area contributed by atoms with E-state index in [-0.39, 0.29) is 29.0 Å². The van der Waals surface area contributed by atoms with Gasteiger partial charge in [0.2, 0.25) is 5.91 Å².